The van der Waals surface area contributed by atoms with E-state index < -0.39 is 10.0 Å². The van der Waals surface area contributed by atoms with Crippen molar-refractivity contribution in [3.63, 3.8) is 0 Å². The molecule has 1 amide bonds. The van der Waals surface area contributed by atoms with E-state index in [0.717, 1.165) is 19.3 Å². The molecule has 36 heavy (non-hydrogen) atoms. The third kappa shape index (κ3) is 4.62. The zero-order valence-electron chi connectivity index (χ0n) is 20.0. The van der Waals surface area contributed by atoms with Gasteiger partial charge < -0.3 is 14.4 Å². The van der Waals surface area contributed by atoms with Crippen molar-refractivity contribution in [3.05, 3.63) is 70.9 Å². The molecule has 5 rings (SSSR count). The Morgan fingerprint density at radius 2 is 1.47 bits per heavy atom. The molecular weight excluding hydrogens is 483 g/mol. The van der Waals surface area contributed by atoms with Crippen molar-refractivity contribution >= 4 is 32.4 Å². The highest BCUT2D eigenvalue weighted by Gasteiger charge is 2.32. The maximum atomic E-state index is 14.2. The first kappa shape index (κ1) is 24.5. The molecule has 10 heteroatoms. The average molecular weight is 513 g/mol. The number of carbonyl (C=O) groups excluding carboxylic acids is 1. The number of amides is 1. The van der Waals surface area contributed by atoms with E-state index in [-0.39, 0.29) is 47.2 Å². The van der Waals surface area contributed by atoms with Crippen LogP contribution in [0.2, 0.25) is 0 Å². The zero-order valence-corrected chi connectivity index (χ0v) is 20.8. The first-order chi connectivity index (χ1) is 17.4. The minimum atomic E-state index is -3.98. The Kier molecular flexibility index (Phi) is 6.81. The fourth-order valence-electron chi connectivity index (χ4n) is 5.04. The molecule has 0 spiro atoms. The number of nitrogens with zero attached hydrogens (tertiary/aromatic N) is 4. The molecule has 8 nitrogen and oxygen atoms in total. The number of halogens is 1. The highest BCUT2D eigenvalue weighted by Crippen LogP contribution is 2.27. The molecule has 0 bridgehead atoms. The summed E-state index contributed by atoms with van der Waals surface area (Å²) >= 11 is 0. The van der Waals surface area contributed by atoms with Crippen LogP contribution in [0.1, 0.15) is 19.3 Å². The summed E-state index contributed by atoms with van der Waals surface area (Å²) in [5.74, 6) is -0.529. The first-order valence-electron chi connectivity index (χ1n) is 12.3. The number of aromatic nitrogens is 1. The Balaban J connectivity index is 1.45. The molecule has 0 saturated carbocycles. The monoisotopic (exact) mass is 512 g/mol. The van der Waals surface area contributed by atoms with Gasteiger partial charge in [0.15, 0.2) is 0 Å². The summed E-state index contributed by atoms with van der Waals surface area (Å²) in [4.78, 5) is 29.6. The summed E-state index contributed by atoms with van der Waals surface area (Å²) in [5, 5.41) is 0.593. The summed E-state index contributed by atoms with van der Waals surface area (Å²) < 4.78 is 44.4. The van der Waals surface area contributed by atoms with Gasteiger partial charge >= 0.3 is 0 Å². The first-order valence-corrected chi connectivity index (χ1v) is 13.7. The van der Waals surface area contributed by atoms with Crippen LogP contribution in [0.5, 0.6) is 0 Å². The van der Waals surface area contributed by atoms with E-state index in [1.807, 2.05) is 4.90 Å². The summed E-state index contributed by atoms with van der Waals surface area (Å²) in [6.45, 7) is 2.13. The summed E-state index contributed by atoms with van der Waals surface area (Å²) in [5.41, 5.74) is 0.0593. The maximum Gasteiger partial charge on any atom is 0.258 e. The van der Waals surface area contributed by atoms with Crippen LogP contribution < -0.4 is 10.5 Å². The number of piperazine rings is 1. The number of hydrogen-bond donors (Lipinski definition) is 0. The minimum Gasteiger partial charge on any atom is -0.367 e. The molecule has 3 heterocycles. The lowest BCUT2D eigenvalue weighted by molar-refractivity contribution is -0.132. The number of rotatable bonds is 5. The Bertz CT molecular complexity index is 1440. The van der Waals surface area contributed by atoms with Crippen molar-refractivity contribution in [2.45, 2.75) is 30.7 Å². The molecular formula is C26H29FN4O4S. The molecule has 2 aliphatic heterocycles. The van der Waals surface area contributed by atoms with E-state index in [9.17, 15) is 22.4 Å². The smallest absolute Gasteiger partial charge is 0.258 e. The summed E-state index contributed by atoms with van der Waals surface area (Å²) in [6, 6.07) is 13.0. The van der Waals surface area contributed by atoms with Crippen molar-refractivity contribution in [2.75, 3.05) is 44.2 Å². The summed E-state index contributed by atoms with van der Waals surface area (Å²) in [6.07, 6.45) is 4.24. The lowest BCUT2D eigenvalue weighted by atomic mass is 10.1. The molecule has 2 saturated heterocycles. The number of fused-ring (bicyclic) bond motifs is 1. The number of benzene rings is 2. The van der Waals surface area contributed by atoms with Crippen molar-refractivity contribution in [3.8, 4) is 0 Å². The molecule has 190 valence electrons. The second-order valence-corrected chi connectivity index (χ2v) is 11.2. The van der Waals surface area contributed by atoms with E-state index in [2.05, 4.69) is 0 Å². The second-order valence-electron chi connectivity index (χ2n) is 9.26. The van der Waals surface area contributed by atoms with Crippen molar-refractivity contribution in [1.29, 1.82) is 0 Å². The van der Waals surface area contributed by atoms with Gasteiger partial charge in [0.25, 0.3) is 5.56 Å². The van der Waals surface area contributed by atoms with Gasteiger partial charge in [-0.2, -0.15) is 4.31 Å². The fourth-order valence-corrected chi connectivity index (χ4v) is 6.68. The van der Waals surface area contributed by atoms with Gasteiger partial charge in [0.05, 0.1) is 5.69 Å². The molecule has 0 atom stereocenters. The molecule has 0 N–H and O–H groups in total. The van der Waals surface area contributed by atoms with Crippen LogP contribution in [-0.4, -0.2) is 67.4 Å². The topological polar surface area (TPSA) is 82.9 Å². The van der Waals surface area contributed by atoms with Crippen molar-refractivity contribution < 1.29 is 17.6 Å². The molecule has 3 aromatic rings. The number of pyridine rings is 1. The largest absolute Gasteiger partial charge is 0.367 e. The molecule has 0 radical (unpaired) electrons. The van der Waals surface area contributed by atoms with Gasteiger partial charge in [-0.25, -0.2) is 12.8 Å². The number of anilines is 1. The molecule has 0 aliphatic carbocycles. The molecule has 2 aromatic carbocycles. The van der Waals surface area contributed by atoms with Crippen LogP contribution in [0.3, 0.4) is 0 Å². The molecule has 2 aliphatic rings. The minimum absolute atomic E-state index is 0.00323. The van der Waals surface area contributed by atoms with Gasteiger partial charge in [-0.15, -0.1) is 0 Å². The van der Waals surface area contributed by atoms with E-state index in [1.165, 1.54) is 21.1 Å². The fraction of sp³-hybridized carbons (Fsp3) is 0.385. The second kappa shape index (κ2) is 10.0. The van der Waals surface area contributed by atoms with E-state index in [4.69, 9.17) is 0 Å². The third-order valence-corrected chi connectivity index (χ3v) is 8.95. The highest BCUT2D eigenvalue weighted by molar-refractivity contribution is 7.89. The standard InChI is InChI=1S/C26H29FN4O4S/c27-22-10-4-5-11-23(22)28-14-16-31(17-15-28)36(34,35)24-18-30(19-25(32)29-12-6-1-7-13-29)26(33)21-9-3-2-8-20(21)24/h2-5,8-11,18H,1,6-7,12-17,19H2. The quantitative estimate of drug-likeness (QED) is 0.525. The van der Waals surface area contributed by atoms with Crippen LogP contribution in [0.15, 0.2) is 64.4 Å². The zero-order chi connectivity index (χ0) is 25.3. The van der Waals surface area contributed by atoms with Gasteiger partial charge in [0.2, 0.25) is 15.9 Å². The molecule has 1 aromatic heterocycles. The number of para-hydroxylation sites is 1. The van der Waals surface area contributed by atoms with Gasteiger partial charge in [-0.05, 0) is 37.5 Å². The number of likely N-dealkylation sites (tertiary alicyclic amines) is 1. The van der Waals surface area contributed by atoms with Crippen molar-refractivity contribution in [1.82, 2.24) is 13.8 Å². The van der Waals surface area contributed by atoms with Gasteiger partial charge in [0, 0.05) is 56.2 Å². The third-order valence-electron chi connectivity index (χ3n) is 7.02. The number of piperidine rings is 1. The predicted octanol–water partition coefficient (Wildman–Crippen LogP) is 2.66. The van der Waals surface area contributed by atoms with Gasteiger partial charge in [0.1, 0.15) is 17.3 Å². The SMILES string of the molecule is O=C(Cn1cc(S(=O)(=O)N2CCN(c3ccccc3F)CC2)c2ccccc2c1=O)N1CCCCC1. The Labute approximate surface area is 209 Å². The van der Waals surface area contributed by atoms with E-state index >= 15 is 0 Å². The van der Waals surface area contributed by atoms with E-state index in [1.54, 1.807) is 47.4 Å². The van der Waals surface area contributed by atoms with Crippen LogP contribution in [0, 0.1) is 5.82 Å². The van der Waals surface area contributed by atoms with Crippen LogP contribution in [-0.2, 0) is 21.4 Å². The highest BCUT2D eigenvalue weighted by atomic mass is 32.2. The van der Waals surface area contributed by atoms with E-state index in [0.29, 0.717) is 37.3 Å². The van der Waals surface area contributed by atoms with Crippen molar-refractivity contribution in [2.24, 2.45) is 0 Å². The lowest BCUT2D eigenvalue weighted by Gasteiger charge is -2.35. The number of sulfonamides is 1. The summed E-state index contributed by atoms with van der Waals surface area (Å²) in [7, 11) is -3.98. The number of hydrogen-bond acceptors (Lipinski definition) is 5. The normalized spacial score (nSPS) is 17.5. The van der Waals surface area contributed by atoms with Crippen LogP contribution >= 0.6 is 0 Å². The molecule has 0 unspecified atom stereocenters. The lowest BCUT2D eigenvalue weighted by Crippen LogP contribution is -2.49. The maximum absolute atomic E-state index is 14.2. The number of carbonyl (C=O) groups is 1. The Morgan fingerprint density at radius 3 is 2.17 bits per heavy atom. The van der Waals surface area contributed by atoms with Crippen LogP contribution in [0.25, 0.3) is 10.8 Å². The Hall–Kier alpha value is -3.24. The average Bonchev–Trinajstić information content (AvgIpc) is 2.91. The van der Waals surface area contributed by atoms with Gasteiger partial charge in [-0.1, -0.05) is 30.3 Å². The van der Waals surface area contributed by atoms with Crippen LogP contribution in [0.4, 0.5) is 10.1 Å². The molecule has 2 fully saturated rings. The predicted molar refractivity (Wildman–Crippen MR) is 136 cm³/mol. The van der Waals surface area contributed by atoms with Gasteiger partial charge in [-0.3, -0.25) is 9.59 Å². The Morgan fingerprint density at radius 1 is 0.833 bits per heavy atom.